The molecule has 298 valence electrons. The molecular weight excluding hydrogens is 779 g/mol. The Bertz CT molecular complexity index is 3270. The van der Waals surface area contributed by atoms with E-state index in [9.17, 15) is 5.11 Å². The van der Waals surface area contributed by atoms with Crippen molar-refractivity contribution in [3.63, 3.8) is 0 Å². The smallest absolute Gasteiger partial charge is 0.149 e. The normalized spacial score (nSPS) is 12.2. The quantitative estimate of drug-likeness (QED) is 0.155. The minimum Gasteiger partial charge on any atom is -0.507 e. The molecule has 5 nitrogen and oxygen atoms in total. The van der Waals surface area contributed by atoms with E-state index in [1.165, 1.54) is 10.4 Å². The lowest BCUT2D eigenvalue weighted by Gasteiger charge is -2.20. The maximum absolute atomic E-state index is 12.0. The van der Waals surface area contributed by atoms with Crippen LogP contribution in [-0.4, -0.2) is 35.8 Å². The third-order valence-electron chi connectivity index (χ3n) is 11.9. The van der Waals surface area contributed by atoms with Gasteiger partial charge in [-0.1, -0.05) is 160 Å². The molecule has 1 N–H and O–H groups in total. The zero-order valence-electron chi connectivity index (χ0n) is 35.4. The summed E-state index contributed by atoms with van der Waals surface area (Å²) in [5.41, 5.74) is 13.2. The van der Waals surface area contributed by atoms with E-state index in [1.54, 1.807) is 0 Å². The number of imidazole rings is 1. The first-order valence-corrected chi connectivity index (χ1v) is 28.0. The third-order valence-corrected chi connectivity index (χ3v) is 15.9. The highest BCUT2D eigenvalue weighted by atomic mass is 28.3. The second kappa shape index (κ2) is 14.7. The SMILES string of the molecule is C[Si](C)(C)c1ccc(-c2cc(-c3cc([Si](C)(C)C)cc4c3nc(-c3ccc(-c5ccccc5)cc3O)n4-c3ccccc3-c3ccccc3)cc3c2oc2ccccc23)nc1. The number of aromatic nitrogens is 3. The Labute approximate surface area is 358 Å². The van der Waals surface area contributed by atoms with Crippen LogP contribution >= 0.6 is 0 Å². The standard InChI is InChI=1S/C54H47N3O2Si2/c1-60(2,3)39-26-28-47(55-34-39)46-30-38(29-45-42-22-14-16-24-51(42)59-53(45)46)44-32-40(61(4,5)6)33-49-52(44)56-54(43-27-25-37(31-50(43)58)35-17-9-7-10-18-35)57(49)48-23-15-13-21-41(48)36-19-11-8-12-20-36/h7-34,58H,1-6H3. The molecule has 0 radical (unpaired) electrons. The molecule has 0 unspecified atom stereocenters. The summed E-state index contributed by atoms with van der Waals surface area (Å²) in [7, 11) is -3.52. The number of furan rings is 1. The van der Waals surface area contributed by atoms with Crippen LogP contribution in [0.4, 0.5) is 0 Å². The van der Waals surface area contributed by atoms with E-state index >= 15 is 0 Å². The van der Waals surface area contributed by atoms with Crippen LogP contribution in [0.15, 0.2) is 174 Å². The molecule has 0 aliphatic rings. The predicted molar refractivity (Wildman–Crippen MR) is 261 cm³/mol. The van der Waals surface area contributed by atoms with Gasteiger partial charge < -0.3 is 9.52 Å². The number of rotatable bonds is 8. The molecule has 61 heavy (non-hydrogen) atoms. The van der Waals surface area contributed by atoms with E-state index in [1.807, 2.05) is 48.5 Å². The second-order valence-corrected chi connectivity index (χ2v) is 28.2. The number of hydrogen-bond acceptors (Lipinski definition) is 4. The molecular formula is C54H47N3O2Si2. The van der Waals surface area contributed by atoms with Crippen molar-refractivity contribution in [1.29, 1.82) is 0 Å². The van der Waals surface area contributed by atoms with E-state index < -0.39 is 16.1 Å². The molecule has 3 aromatic heterocycles. The first kappa shape index (κ1) is 38.4. The fourth-order valence-electron chi connectivity index (χ4n) is 8.49. The summed E-state index contributed by atoms with van der Waals surface area (Å²) in [6.45, 7) is 14.2. The van der Waals surface area contributed by atoms with Gasteiger partial charge in [-0.05, 0) is 76.0 Å². The highest BCUT2D eigenvalue weighted by Gasteiger charge is 2.27. The van der Waals surface area contributed by atoms with Crippen molar-refractivity contribution in [3.8, 4) is 67.5 Å². The lowest BCUT2D eigenvalue weighted by Crippen LogP contribution is -2.37. The van der Waals surface area contributed by atoms with Crippen LogP contribution in [0.3, 0.4) is 0 Å². The van der Waals surface area contributed by atoms with Crippen molar-refractivity contribution in [2.75, 3.05) is 0 Å². The monoisotopic (exact) mass is 825 g/mol. The molecule has 0 aliphatic carbocycles. The van der Waals surface area contributed by atoms with Crippen molar-refractivity contribution in [1.82, 2.24) is 14.5 Å². The summed E-state index contributed by atoms with van der Waals surface area (Å²) in [6.07, 6.45) is 2.06. The summed E-state index contributed by atoms with van der Waals surface area (Å²) in [5, 5.41) is 16.7. The molecule has 0 spiro atoms. The zero-order valence-corrected chi connectivity index (χ0v) is 37.4. The maximum Gasteiger partial charge on any atom is 0.149 e. The molecule has 0 atom stereocenters. The van der Waals surface area contributed by atoms with Gasteiger partial charge in [0.2, 0.25) is 0 Å². The Hall–Kier alpha value is -6.81. The minimum absolute atomic E-state index is 0.170. The number of para-hydroxylation sites is 2. The Balaban J connectivity index is 1.30. The van der Waals surface area contributed by atoms with Gasteiger partial charge in [0.05, 0.1) is 44.1 Å². The lowest BCUT2D eigenvalue weighted by molar-refractivity contribution is 0.477. The van der Waals surface area contributed by atoms with Crippen LogP contribution in [0.1, 0.15) is 0 Å². The summed E-state index contributed by atoms with van der Waals surface area (Å²) in [4.78, 5) is 10.7. The number of benzene rings is 7. The van der Waals surface area contributed by atoms with Gasteiger partial charge in [0.1, 0.15) is 22.7 Å². The van der Waals surface area contributed by atoms with E-state index in [-0.39, 0.29) is 5.75 Å². The maximum atomic E-state index is 12.0. The van der Waals surface area contributed by atoms with Gasteiger partial charge in [0.25, 0.3) is 0 Å². The summed E-state index contributed by atoms with van der Waals surface area (Å²) in [5.74, 6) is 0.839. The second-order valence-electron chi connectivity index (χ2n) is 18.1. The van der Waals surface area contributed by atoms with Crippen molar-refractivity contribution in [3.05, 3.63) is 170 Å². The Morgan fingerprint density at radius 2 is 1.20 bits per heavy atom. The van der Waals surface area contributed by atoms with Crippen molar-refractivity contribution < 1.29 is 9.52 Å². The van der Waals surface area contributed by atoms with Crippen LogP contribution in [0.5, 0.6) is 5.75 Å². The highest BCUT2D eigenvalue weighted by Crippen LogP contribution is 2.44. The number of aromatic hydroxyl groups is 1. The van der Waals surface area contributed by atoms with Crippen LogP contribution in [0.2, 0.25) is 39.3 Å². The molecule has 10 aromatic rings. The first-order valence-electron chi connectivity index (χ1n) is 21.0. The summed E-state index contributed by atoms with van der Waals surface area (Å²) in [6, 6.07) is 57.1. The van der Waals surface area contributed by atoms with Gasteiger partial charge in [0.15, 0.2) is 0 Å². The average molecular weight is 826 g/mol. The van der Waals surface area contributed by atoms with Crippen molar-refractivity contribution >= 4 is 59.5 Å². The van der Waals surface area contributed by atoms with Crippen LogP contribution in [-0.2, 0) is 0 Å². The van der Waals surface area contributed by atoms with Crippen molar-refractivity contribution in [2.24, 2.45) is 0 Å². The Morgan fingerprint density at radius 3 is 1.90 bits per heavy atom. The molecule has 3 heterocycles. The topological polar surface area (TPSA) is 64.1 Å². The fourth-order valence-corrected chi connectivity index (χ4v) is 10.7. The minimum atomic E-state index is -1.95. The van der Waals surface area contributed by atoms with Gasteiger partial charge in [-0.3, -0.25) is 9.55 Å². The number of phenols is 1. The lowest BCUT2D eigenvalue weighted by atomic mass is 9.96. The molecule has 0 saturated carbocycles. The molecule has 0 bridgehead atoms. The number of fused-ring (bicyclic) bond motifs is 4. The van der Waals surface area contributed by atoms with Crippen molar-refractivity contribution in [2.45, 2.75) is 39.3 Å². The van der Waals surface area contributed by atoms with E-state index in [4.69, 9.17) is 14.4 Å². The summed E-state index contributed by atoms with van der Waals surface area (Å²) < 4.78 is 8.94. The van der Waals surface area contributed by atoms with Gasteiger partial charge in [-0.15, -0.1) is 0 Å². The number of pyridine rings is 1. The highest BCUT2D eigenvalue weighted by molar-refractivity contribution is 6.89. The number of phenolic OH excluding ortho intramolecular Hbond substituents is 1. The van der Waals surface area contributed by atoms with Gasteiger partial charge in [-0.2, -0.15) is 0 Å². The molecule has 10 rings (SSSR count). The first-order chi connectivity index (χ1) is 29.4. The van der Waals surface area contributed by atoms with Crippen LogP contribution in [0, 0.1) is 0 Å². The Kier molecular flexibility index (Phi) is 9.27. The molecule has 0 fully saturated rings. The number of hydrogen-bond donors (Lipinski definition) is 1. The molecule has 7 heteroatoms. The molecule has 0 saturated heterocycles. The molecule has 0 aliphatic heterocycles. The van der Waals surface area contributed by atoms with Crippen LogP contribution in [0.25, 0.3) is 94.7 Å². The van der Waals surface area contributed by atoms with E-state index in [2.05, 4.69) is 165 Å². The molecule has 0 amide bonds. The fraction of sp³-hybridized carbons (Fsp3) is 0.111. The molecule has 7 aromatic carbocycles. The van der Waals surface area contributed by atoms with Gasteiger partial charge in [-0.25, -0.2) is 4.98 Å². The van der Waals surface area contributed by atoms with Gasteiger partial charge >= 0.3 is 0 Å². The largest absolute Gasteiger partial charge is 0.507 e. The van der Waals surface area contributed by atoms with Crippen LogP contribution < -0.4 is 10.4 Å². The Morgan fingerprint density at radius 1 is 0.508 bits per heavy atom. The average Bonchev–Trinajstić information content (AvgIpc) is 3.84. The van der Waals surface area contributed by atoms with E-state index in [0.717, 1.165) is 83.3 Å². The third kappa shape index (κ3) is 6.89. The number of nitrogens with zero attached hydrogens (tertiary/aromatic N) is 3. The predicted octanol–water partition coefficient (Wildman–Crippen LogP) is 13.5. The zero-order chi connectivity index (χ0) is 42.0. The van der Waals surface area contributed by atoms with E-state index in [0.29, 0.717) is 11.4 Å². The van der Waals surface area contributed by atoms with Gasteiger partial charge in [0, 0.05) is 33.7 Å². The summed E-state index contributed by atoms with van der Waals surface area (Å²) >= 11 is 0.